The fraction of sp³-hybridized carbons (Fsp3) is 0.211. The van der Waals surface area contributed by atoms with Gasteiger partial charge in [0.25, 0.3) is 0 Å². The Balaban J connectivity index is 1.81. The fourth-order valence-electron chi connectivity index (χ4n) is 2.88. The number of azide groups is 1. The monoisotopic (exact) mass is 460 g/mol. The minimum atomic E-state index is -3.96. The number of nitrogens with zero attached hydrogens (tertiary/aromatic N) is 5. The van der Waals surface area contributed by atoms with Gasteiger partial charge < -0.3 is 4.57 Å². The van der Waals surface area contributed by atoms with Gasteiger partial charge in [0.2, 0.25) is 19.9 Å². The molecule has 12 heteroatoms. The molecule has 0 amide bonds. The zero-order valence-corrected chi connectivity index (χ0v) is 18.2. The van der Waals surface area contributed by atoms with Crippen LogP contribution in [0, 0.1) is 6.92 Å². The lowest BCUT2D eigenvalue weighted by Gasteiger charge is -2.12. The number of aryl methyl sites for hydroxylation is 2. The van der Waals surface area contributed by atoms with Gasteiger partial charge in [-0.05, 0) is 48.7 Å². The van der Waals surface area contributed by atoms with Crippen LogP contribution in [-0.4, -0.2) is 32.9 Å². The van der Waals surface area contributed by atoms with Gasteiger partial charge in [0.05, 0.1) is 21.0 Å². The Hall–Kier alpha value is -3.18. The van der Waals surface area contributed by atoms with Gasteiger partial charge in [-0.1, -0.05) is 23.3 Å². The molecule has 31 heavy (non-hydrogen) atoms. The number of nitrogens with one attached hydrogen (secondary N) is 1. The lowest BCUT2D eigenvalue weighted by molar-refractivity contribution is 0.569. The first-order valence-corrected chi connectivity index (χ1v) is 12.2. The molecule has 0 fully saturated rings. The average molecular weight is 461 g/mol. The topological polar surface area (TPSA) is 147 Å². The van der Waals surface area contributed by atoms with E-state index in [1.54, 1.807) is 25.6 Å². The summed E-state index contributed by atoms with van der Waals surface area (Å²) in [6.07, 6.45) is 5.62. The highest BCUT2D eigenvalue weighted by Gasteiger charge is 2.23. The van der Waals surface area contributed by atoms with Gasteiger partial charge in [0, 0.05) is 36.1 Å². The summed E-state index contributed by atoms with van der Waals surface area (Å²) in [4.78, 5) is 6.30. The highest BCUT2D eigenvalue weighted by atomic mass is 32.2. The smallest absolute Gasteiger partial charge is 0.240 e. The first-order valence-electron chi connectivity index (χ1n) is 9.20. The van der Waals surface area contributed by atoms with Crippen molar-refractivity contribution in [2.45, 2.75) is 34.6 Å². The van der Waals surface area contributed by atoms with E-state index in [1.807, 2.05) is 4.57 Å². The second-order valence-corrected chi connectivity index (χ2v) is 10.4. The Morgan fingerprint density at radius 3 is 2.45 bits per heavy atom. The number of sulfonamides is 1. The van der Waals surface area contributed by atoms with Crippen molar-refractivity contribution < 1.29 is 16.8 Å². The Labute approximate surface area is 180 Å². The van der Waals surface area contributed by atoms with Crippen LogP contribution in [0.2, 0.25) is 0 Å². The van der Waals surface area contributed by atoms with E-state index in [9.17, 15) is 16.8 Å². The molecule has 3 rings (SSSR count). The first kappa shape index (κ1) is 22.5. The van der Waals surface area contributed by atoms with Crippen molar-refractivity contribution in [3.63, 3.8) is 0 Å². The van der Waals surface area contributed by atoms with Crippen LogP contribution in [0.4, 0.5) is 5.69 Å². The zero-order valence-electron chi connectivity index (χ0n) is 16.6. The maximum Gasteiger partial charge on any atom is 0.240 e. The molecule has 0 radical (unpaired) electrons. The third-order valence-electron chi connectivity index (χ3n) is 4.51. The number of aromatic nitrogens is 2. The second kappa shape index (κ2) is 9.31. The van der Waals surface area contributed by atoms with Crippen molar-refractivity contribution >= 4 is 25.5 Å². The molecule has 10 nitrogen and oxygen atoms in total. The van der Waals surface area contributed by atoms with E-state index in [2.05, 4.69) is 19.7 Å². The van der Waals surface area contributed by atoms with E-state index < -0.39 is 19.9 Å². The normalized spacial score (nSPS) is 11.8. The van der Waals surface area contributed by atoms with Crippen molar-refractivity contribution in [2.24, 2.45) is 5.11 Å². The number of sulfone groups is 1. The molecule has 0 aliphatic heterocycles. The van der Waals surface area contributed by atoms with Crippen LogP contribution in [0.15, 0.2) is 81.0 Å². The van der Waals surface area contributed by atoms with Crippen LogP contribution in [-0.2, 0) is 26.4 Å². The van der Waals surface area contributed by atoms with Gasteiger partial charge in [0.15, 0.2) is 0 Å². The summed E-state index contributed by atoms with van der Waals surface area (Å²) in [6.45, 7) is 2.39. The Bertz CT molecular complexity index is 1310. The lowest BCUT2D eigenvalue weighted by Crippen LogP contribution is -2.26. The zero-order chi connectivity index (χ0) is 22.5. The van der Waals surface area contributed by atoms with Crippen LogP contribution >= 0.6 is 0 Å². The molecule has 0 unspecified atom stereocenters. The molecule has 3 aromatic rings. The van der Waals surface area contributed by atoms with Crippen LogP contribution < -0.4 is 4.72 Å². The van der Waals surface area contributed by atoms with E-state index in [-0.39, 0.29) is 26.9 Å². The van der Waals surface area contributed by atoms with Crippen molar-refractivity contribution in [3.8, 4) is 0 Å². The molecule has 0 saturated carbocycles. The quantitative estimate of drug-likeness (QED) is 0.225. The van der Waals surface area contributed by atoms with E-state index in [1.165, 1.54) is 36.4 Å². The molecule has 1 aromatic heterocycles. The van der Waals surface area contributed by atoms with Gasteiger partial charge in [-0.3, -0.25) is 0 Å². The molecular weight excluding hydrogens is 440 g/mol. The van der Waals surface area contributed by atoms with Crippen molar-refractivity contribution in [3.05, 3.63) is 77.2 Å². The second-order valence-electron chi connectivity index (χ2n) is 6.67. The van der Waals surface area contributed by atoms with Gasteiger partial charge in [-0.25, -0.2) is 26.5 Å². The molecule has 0 bridgehead atoms. The highest BCUT2D eigenvalue weighted by Crippen LogP contribution is 2.26. The predicted octanol–water partition coefficient (Wildman–Crippen LogP) is 3.33. The molecule has 0 aliphatic carbocycles. The Morgan fingerprint density at radius 2 is 1.81 bits per heavy atom. The van der Waals surface area contributed by atoms with E-state index in [0.717, 1.165) is 6.07 Å². The van der Waals surface area contributed by atoms with Crippen molar-refractivity contribution in [1.29, 1.82) is 0 Å². The number of imidazole rings is 1. The van der Waals surface area contributed by atoms with Crippen LogP contribution in [0.25, 0.3) is 10.4 Å². The Morgan fingerprint density at radius 1 is 1.10 bits per heavy atom. The minimum Gasteiger partial charge on any atom is -0.337 e. The summed E-state index contributed by atoms with van der Waals surface area (Å²) in [5.74, 6) is 0. The molecule has 2 aromatic carbocycles. The maximum absolute atomic E-state index is 13.0. The Kier molecular flexibility index (Phi) is 6.76. The minimum absolute atomic E-state index is 0.0371. The summed E-state index contributed by atoms with van der Waals surface area (Å²) < 4.78 is 55.8. The van der Waals surface area contributed by atoms with Gasteiger partial charge in [-0.2, -0.15) is 0 Å². The number of benzene rings is 2. The molecule has 162 valence electrons. The van der Waals surface area contributed by atoms with E-state index in [4.69, 9.17) is 5.53 Å². The molecular formula is C19H20N6O4S2. The average Bonchev–Trinajstić information content (AvgIpc) is 3.25. The molecule has 0 atom stereocenters. The molecule has 0 saturated heterocycles. The van der Waals surface area contributed by atoms with E-state index >= 15 is 0 Å². The summed E-state index contributed by atoms with van der Waals surface area (Å²) in [5.41, 5.74) is 9.16. The van der Waals surface area contributed by atoms with Crippen LogP contribution in [0.1, 0.15) is 12.0 Å². The number of hydrogen-bond donors (Lipinski definition) is 1. The summed E-state index contributed by atoms with van der Waals surface area (Å²) in [5, 5.41) is 3.41. The molecule has 1 heterocycles. The number of hydrogen-bond acceptors (Lipinski definition) is 6. The third-order valence-corrected chi connectivity index (χ3v) is 7.88. The largest absolute Gasteiger partial charge is 0.337 e. The SMILES string of the molecule is Cc1ccc(S(=O)(=O)c2ccc(N=[N+]=[N-])cc2)cc1S(=O)(=O)NCCCn1ccnc1. The summed E-state index contributed by atoms with van der Waals surface area (Å²) in [6, 6.07) is 9.35. The lowest BCUT2D eigenvalue weighted by atomic mass is 10.2. The van der Waals surface area contributed by atoms with Gasteiger partial charge >= 0.3 is 0 Å². The van der Waals surface area contributed by atoms with E-state index in [0.29, 0.717) is 18.5 Å². The third kappa shape index (κ3) is 5.30. The predicted molar refractivity (Wildman–Crippen MR) is 114 cm³/mol. The van der Waals surface area contributed by atoms with Crippen molar-refractivity contribution in [1.82, 2.24) is 14.3 Å². The highest BCUT2D eigenvalue weighted by molar-refractivity contribution is 7.91. The van der Waals surface area contributed by atoms with Gasteiger partial charge in [0.1, 0.15) is 0 Å². The first-order chi connectivity index (χ1) is 14.7. The van der Waals surface area contributed by atoms with Gasteiger partial charge in [-0.15, -0.1) is 0 Å². The van der Waals surface area contributed by atoms with Crippen LogP contribution in [0.3, 0.4) is 0 Å². The standard InChI is InChI=1S/C19H20N6O4S2/c1-15-3-6-18(30(26,27)17-7-4-16(5-8-17)23-24-20)13-19(15)31(28,29)22-9-2-11-25-12-10-21-14-25/h3-8,10,12-14,22H,2,9,11H2,1H3. The van der Waals surface area contributed by atoms with Crippen LogP contribution in [0.5, 0.6) is 0 Å². The maximum atomic E-state index is 13.0. The van der Waals surface area contributed by atoms with Crippen molar-refractivity contribution in [2.75, 3.05) is 6.54 Å². The molecule has 1 N–H and O–H groups in total. The molecule has 0 aliphatic rings. The number of rotatable bonds is 9. The summed E-state index contributed by atoms with van der Waals surface area (Å²) in [7, 11) is -7.87. The fourth-order valence-corrected chi connectivity index (χ4v) is 5.59. The summed E-state index contributed by atoms with van der Waals surface area (Å²) >= 11 is 0. The molecule has 0 spiro atoms.